The summed E-state index contributed by atoms with van der Waals surface area (Å²) in [5, 5.41) is 3.46. The number of rotatable bonds is 3. The molecule has 6 nitrogen and oxygen atoms in total. The van der Waals surface area contributed by atoms with Crippen LogP contribution in [-0.4, -0.2) is 39.0 Å². The fourth-order valence-electron chi connectivity index (χ4n) is 2.89. The summed E-state index contributed by atoms with van der Waals surface area (Å²) in [5.74, 6) is 0.997. The van der Waals surface area contributed by atoms with Crippen LogP contribution in [0.15, 0.2) is 36.4 Å². The molecule has 2 aromatic rings. The van der Waals surface area contributed by atoms with Crippen molar-refractivity contribution in [3.8, 4) is 11.5 Å². The van der Waals surface area contributed by atoms with Gasteiger partial charge in [-0.2, -0.15) is 0 Å². The van der Waals surface area contributed by atoms with Crippen molar-refractivity contribution in [2.45, 2.75) is 0 Å². The number of amides is 1. The summed E-state index contributed by atoms with van der Waals surface area (Å²) >= 11 is 6.40. The van der Waals surface area contributed by atoms with Crippen LogP contribution < -0.4 is 19.7 Å². The number of morpholine rings is 1. The van der Waals surface area contributed by atoms with E-state index in [1.165, 1.54) is 0 Å². The summed E-state index contributed by atoms with van der Waals surface area (Å²) in [6.45, 7) is 3.18. The average molecular weight is 361 g/mol. The quantitative estimate of drug-likeness (QED) is 0.911. The summed E-state index contributed by atoms with van der Waals surface area (Å²) in [4.78, 5) is 14.6. The van der Waals surface area contributed by atoms with E-state index in [0.29, 0.717) is 41.0 Å². The van der Waals surface area contributed by atoms with Crippen LogP contribution >= 0.6 is 11.6 Å². The van der Waals surface area contributed by atoms with Crippen molar-refractivity contribution in [1.82, 2.24) is 0 Å². The predicted octanol–water partition coefficient (Wildman–Crippen LogP) is 3.16. The van der Waals surface area contributed by atoms with Crippen molar-refractivity contribution in [3.05, 3.63) is 47.0 Å². The molecule has 2 aliphatic heterocycles. The first-order valence-electron chi connectivity index (χ1n) is 8.04. The van der Waals surface area contributed by atoms with E-state index in [4.69, 9.17) is 25.8 Å². The topological polar surface area (TPSA) is 60.0 Å². The van der Waals surface area contributed by atoms with Gasteiger partial charge in [0.1, 0.15) is 0 Å². The highest BCUT2D eigenvalue weighted by atomic mass is 35.5. The molecule has 1 amide bonds. The van der Waals surface area contributed by atoms with E-state index < -0.39 is 0 Å². The zero-order chi connectivity index (χ0) is 17.2. The van der Waals surface area contributed by atoms with Gasteiger partial charge in [0.25, 0.3) is 5.91 Å². The molecule has 130 valence electrons. The minimum atomic E-state index is -0.228. The Labute approximate surface area is 150 Å². The highest BCUT2D eigenvalue weighted by molar-refractivity contribution is 6.33. The molecule has 0 unspecified atom stereocenters. The van der Waals surface area contributed by atoms with Gasteiger partial charge in [0.15, 0.2) is 11.5 Å². The number of hydrogen-bond donors (Lipinski definition) is 1. The second kappa shape index (κ2) is 6.82. The van der Waals surface area contributed by atoms with Crippen LogP contribution in [0.3, 0.4) is 0 Å². The van der Waals surface area contributed by atoms with Crippen molar-refractivity contribution in [3.63, 3.8) is 0 Å². The van der Waals surface area contributed by atoms with Crippen LogP contribution in [0.5, 0.6) is 11.5 Å². The molecule has 7 heteroatoms. The molecule has 2 aromatic carbocycles. The number of ether oxygens (including phenoxy) is 3. The fourth-order valence-corrected chi connectivity index (χ4v) is 3.19. The lowest BCUT2D eigenvalue weighted by Crippen LogP contribution is -2.36. The maximum absolute atomic E-state index is 12.4. The number of nitrogens with zero attached hydrogens (tertiary/aromatic N) is 1. The molecule has 1 saturated heterocycles. The zero-order valence-corrected chi connectivity index (χ0v) is 14.2. The number of carbonyl (C=O) groups is 1. The summed E-state index contributed by atoms with van der Waals surface area (Å²) < 4.78 is 15.9. The first-order valence-corrected chi connectivity index (χ1v) is 8.42. The molecular weight excluding hydrogens is 344 g/mol. The van der Waals surface area contributed by atoms with Gasteiger partial charge in [-0.1, -0.05) is 11.6 Å². The maximum Gasteiger partial charge on any atom is 0.255 e. The zero-order valence-electron chi connectivity index (χ0n) is 13.5. The van der Waals surface area contributed by atoms with E-state index in [9.17, 15) is 4.79 Å². The molecule has 4 rings (SSSR count). The average Bonchev–Trinajstić information content (AvgIpc) is 3.10. The van der Waals surface area contributed by atoms with Gasteiger partial charge >= 0.3 is 0 Å². The Morgan fingerprint density at radius 2 is 1.84 bits per heavy atom. The third-order valence-electron chi connectivity index (χ3n) is 4.19. The van der Waals surface area contributed by atoms with E-state index >= 15 is 0 Å². The maximum atomic E-state index is 12.4. The predicted molar refractivity (Wildman–Crippen MR) is 95.0 cm³/mol. The minimum absolute atomic E-state index is 0.180. The van der Waals surface area contributed by atoms with Gasteiger partial charge in [-0.15, -0.1) is 0 Å². The SMILES string of the molecule is O=C(Nc1ccc(N2CCOCC2)c(Cl)c1)c1ccc2c(c1)OCO2. The fraction of sp³-hybridized carbons (Fsp3) is 0.278. The van der Waals surface area contributed by atoms with Gasteiger partial charge in [0, 0.05) is 24.3 Å². The largest absolute Gasteiger partial charge is 0.454 e. The third-order valence-corrected chi connectivity index (χ3v) is 4.49. The number of fused-ring (bicyclic) bond motifs is 1. The van der Waals surface area contributed by atoms with Crippen molar-refractivity contribution < 1.29 is 19.0 Å². The molecule has 0 spiro atoms. The monoisotopic (exact) mass is 360 g/mol. The third kappa shape index (κ3) is 3.36. The van der Waals surface area contributed by atoms with Crippen LogP contribution in [0.1, 0.15) is 10.4 Å². The van der Waals surface area contributed by atoms with Crippen molar-refractivity contribution in [1.29, 1.82) is 0 Å². The van der Waals surface area contributed by atoms with E-state index in [-0.39, 0.29) is 12.7 Å². The van der Waals surface area contributed by atoms with E-state index in [1.54, 1.807) is 24.3 Å². The minimum Gasteiger partial charge on any atom is -0.454 e. The van der Waals surface area contributed by atoms with Crippen molar-refractivity contribution >= 4 is 28.9 Å². The molecule has 0 saturated carbocycles. The summed E-state index contributed by atoms with van der Waals surface area (Å²) in [6.07, 6.45) is 0. The Balaban J connectivity index is 1.48. The number of benzene rings is 2. The summed E-state index contributed by atoms with van der Waals surface area (Å²) in [5.41, 5.74) is 2.09. The Kier molecular flexibility index (Phi) is 4.38. The molecule has 0 bridgehead atoms. The lowest BCUT2D eigenvalue weighted by atomic mass is 10.1. The number of halogens is 1. The molecule has 0 aromatic heterocycles. The van der Waals surface area contributed by atoms with Gasteiger partial charge < -0.3 is 24.4 Å². The number of nitrogens with one attached hydrogen (secondary N) is 1. The van der Waals surface area contributed by atoms with Crippen LogP contribution in [-0.2, 0) is 4.74 Å². The summed E-state index contributed by atoms with van der Waals surface area (Å²) in [7, 11) is 0. The molecular formula is C18H17ClN2O4. The molecule has 25 heavy (non-hydrogen) atoms. The van der Waals surface area contributed by atoms with E-state index in [2.05, 4.69) is 10.2 Å². The Morgan fingerprint density at radius 1 is 1.04 bits per heavy atom. The van der Waals surface area contributed by atoms with E-state index in [0.717, 1.165) is 18.8 Å². The summed E-state index contributed by atoms with van der Waals surface area (Å²) in [6, 6.07) is 10.6. The molecule has 0 atom stereocenters. The molecule has 0 radical (unpaired) electrons. The van der Waals surface area contributed by atoms with Gasteiger partial charge in [-0.05, 0) is 36.4 Å². The standard InChI is InChI=1S/C18H17ClN2O4/c19-14-10-13(2-3-15(14)21-5-7-23-8-6-21)20-18(22)12-1-4-16-17(9-12)25-11-24-16/h1-4,9-10H,5-8,11H2,(H,20,22). The van der Waals surface area contributed by atoms with Crippen LogP contribution in [0.4, 0.5) is 11.4 Å². The van der Waals surface area contributed by atoms with Gasteiger partial charge in [0.05, 0.1) is 23.9 Å². The molecule has 2 aliphatic rings. The molecule has 0 aliphatic carbocycles. The molecule has 1 N–H and O–H groups in total. The highest BCUT2D eigenvalue weighted by Gasteiger charge is 2.18. The number of anilines is 2. The smallest absolute Gasteiger partial charge is 0.255 e. The number of hydrogen-bond acceptors (Lipinski definition) is 5. The molecule has 1 fully saturated rings. The highest BCUT2D eigenvalue weighted by Crippen LogP contribution is 2.33. The lowest BCUT2D eigenvalue weighted by Gasteiger charge is -2.29. The van der Waals surface area contributed by atoms with Crippen molar-refractivity contribution in [2.75, 3.05) is 43.3 Å². The van der Waals surface area contributed by atoms with Gasteiger partial charge in [0.2, 0.25) is 6.79 Å². The first-order chi connectivity index (χ1) is 12.2. The van der Waals surface area contributed by atoms with Crippen molar-refractivity contribution in [2.24, 2.45) is 0 Å². The second-order valence-electron chi connectivity index (χ2n) is 5.79. The van der Waals surface area contributed by atoms with Crippen LogP contribution in [0.25, 0.3) is 0 Å². The Hall–Kier alpha value is -2.44. The van der Waals surface area contributed by atoms with Crippen LogP contribution in [0, 0.1) is 0 Å². The lowest BCUT2D eigenvalue weighted by molar-refractivity contribution is 0.102. The second-order valence-corrected chi connectivity index (χ2v) is 6.19. The van der Waals surface area contributed by atoms with Crippen LogP contribution in [0.2, 0.25) is 5.02 Å². The number of carbonyl (C=O) groups excluding carboxylic acids is 1. The first kappa shape index (κ1) is 16.1. The normalized spacial score (nSPS) is 16.0. The van der Waals surface area contributed by atoms with Gasteiger partial charge in [-0.25, -0.2) is 0 Å². The Morgan fingerprint density at radius 3 is 2.64 bits per heavy atom. The Bertz CT molecular complexity index is 806. The molecule has 2 heterocycles. The van der Waals surface area contributed by atoms with Gasteiger partial charge in [-0.3, -0.25) is 4.79 Å². The van der Waals surface area contributed by atoms with E-state index in [1.807, 2.05) is 12.1 Å².